The maximum Gasteiger partial charge on any atom is 0.266 e. The molecule has 0 aromatic carbocycles. The van der Waals surface area contributed by atoms with Gasteiger partial charge in [0, 0.05) is 11.9 Å². The Kier molecular flexibility index (Phi) is 5.45. The van der Waals surface area contributed by atoms with Crippen LogP contribution in [-0.4, -0.2) is 43.5 Å². The number of dihydropyridines is 1. The minimum Gasteiger partial charge on any atom is -0.593 e. The van der Waals surface area contributed by atoms with Gasteiger partial charge in [-0.3, -0.25) is 10.8 Å². The van der Waals surface area contributed by atoms with E-state index in [1.165, 1.54) is 15.6 Å². The monoisotopic (exact) mass is 463 g/mol. The summed E-state index contributed by atoms with van der Waals surface area (Å²) in [7, 11) is 1.60. The maximum absolute atomic E-state index is 12.4. The van der Waals surface area contributed by atoms with Crippen LogP contribution in [-0.2, 0) is 16.9 Å². The first-order valence-electron chi connectivity index (χ1n) is 8.80. The van der Waals surface area contributed by atoms with Crippen molar-refractivity contribution in [3.63, 3.8) is 0 Å². The van der Waals surface area contributed by atoms with Gasteiger partial charge in [-0.25, -0.2) is 0 Å². The lowest BCUT2D eigenvalue weighted by Gasteiger charge is -2.39. The van der Waals surface area contributed by atoms with E-state index in [-0.39, 0.29) is 29.2 Å². The molecule has 9 nitrogen and oxygen atoms in total. The molecule has 12 heteroatoms. The Labute approximate surface area is 184 Å². The number of guanidine groups is 1. The van der Waals surface area contributed by atoms with Crippen LogP contribution in [0.15, 0.2) is 46.7 Å². The summed E-state index contributed by atoms with van der Waals surface area (Å²) in [6, 6.07) is 1.70. The van der Waals surface area contributed by atoms with Crippen molar-refractivity contribution in [1.29, 1.82) is 10.8 Å². The van der Waals surface area contributed by atoms with Crippen molar-refractivity contribution in [2.45, 2.75) is 12.5 Å². The van der Waals surface area contributed by atoms with E-state index in [4.69, 9.17) is 26.8 Å². The van der Waals surface area contributed by atoms with E-state index in [1.54, 1.807) is 25.4 Å². The van der Waals surface area contributed by atoms with Crippen LogP contribution in [0.3, 0.4) is 0 Å². The van der Waals surface area contributed by atoms with E-state index in [0.29, 0.717) is 9.90 Å². The molecule has 1 unspecified atom stereocenters. The molecular weight excluding hydrogens is 446 g/mol. The average molecular weight is 464 g/mol. The highest BCUT2D eigenvalue weighted by atomic mass is 35.5. The number of aromatic nitrogens is 2. The van der Waals surface area contributed by atoms with Crippen molar-refractivity contribution in [3.05, 3.63) is 58.1 Å². The Bertz CT molecular complexity index is 1110. The first-order chi connectivity index (χ1) is 14.3. The molecule has 0 amide bonds. The molecule has 2 aliphatic heterocycles. The predicted molar refractivity (Wildman–Crippen MR) is 118 cm³/mol. The van der Waals surface area contributed by atoms with Crippen LogP contribution in [0.1, 0.15) is 17.7 Å². The SMILES string of the molecule is CN1C(=N)N[C@](C)(c2sc(-c3nnc(C(=N)/C=C4/C=CC=CN4)o3)cc2Cl)C[S+]1[O-]. The third-order valence-corrected chi connectivity index (χ3v) is 7.93. The second kappa shape index (κ2) is 7.91. The maximum atomic E-state index is 12.4. The molecule has 2 aliphatic rings. The van der Waals surface area contributed by atoms with Crippen molar-refractivity contribution in [2.24, 2.45) is 0 Å². The van der Waals surface area contributed by atoms with Gasteiger partial charge in [-0.05, 0) is 31.2 Å². The zero-order chi connectivity index (χ0) is 21.5. The highest BCUT2D eigenvalue weighted by molar-refractivity contribution is 7.89. The Morgan fingerprint density at radius 1 is 1.47 bits per heavy atom. The number of thiophene rings is 1. The number of hydrogen-bond acceptors (Lipinski definition) is 8. The number of nitrogens with zero attached hydrogens (tertiary/aromatic N) is 3. The second-order valence-electron chi connectivity index (χ2n) is 6.85. The lowest BCUT2D eigenvalue weighted by Crippen LogP contribution is -2.60. The Hall–Kier alpha value is -2.60. The zero-order valence-electron chi connectivity index (χ0n) is 16.0. The van der Waals surface area contributed by atoms with Crippen LogP contribution in [0.25, 0.3) is 10.8 Å². The highest BCUT2D eigenvalue weighted by Gasteiger charge is 2.44. The molecule has 2 aromatic heterocycles. The molecule has 0 aliphatic carbocycles. The third-order valence-electron chi connectivity index (χ3n) is 4.51. The molecule has 0 radical (unpaired) electrons. The molecule has 156 valence electrons. The molecule has 0 spiro atoms. The van der Waals surface area contributed by atoms with Gasteiger partial charge in [-0.15, -0.1) is 21.5 Å². The second-order valence-corrected chi connectivity index (χ2v) is 9.78. The normalized spacial score (nSPS) is 24.8. The number of allylic oxidation sites excluding steroid dienone is 4. The van der Waals surface area contributed by atoms with Crippen molar-refractivity contribution >= 4 is 46.0 Å². The molecule has 0 saturated carbocycles. The first-order valence-corrected chi connectivity index (χ1v) is 11.3. The van der Waals surface area contributed by atoms with Crippen LogP contribution in [0.4, 0.5) is 0 Å². The van der Waals surface area contributed by atoms with E-state index in [2.05, 4.69) is 20.8 Å². The molecule has 4 N–H and O–H groups in total. The van der Waals surface area contributed by atoms with Gasteiger partial charge in [-0.1, -0.05) is 17.7 Å². The summed E-state index contributed by atoms with van der Waals surface area (Å²) in [4.78, 5) is 1.36. The highest BCUT2D eigenvalue weighted by Crippen LogP contribution is 2.41. The third kappa shape index (κ3) is 3.88. The summed E-state index contributed by atoms with van der Waals surface area (Å²) in [5, 5.41) is 30.8. The number of hydrogen-bond donors (Lipinski definition) is 4. The van der Waals surface area contributed by atoms with E-state index >= 15 is 0 Å². The molecule has 4 heterocycles. The molecule has 4 rings (SSSR count). The average Bonchev–Trinajstić information content (AvgIpc) is 3.34. The standard InChI is InChI=1S/C18H18ClN7O2S2/c1-18(9-30(27)26(2)17(21)23-18)14-11(19)8-13(29-14)16-25-24-15(28-16)12(20)7-10-5-3-4-6-22-10/h3-8,20,22H,9H2,1-2H3,(H2,21,23)/b10-7-,20-12?/t18-,30?/m0/s1. The molecule has 1 fully saturated rings. The molecule has 1 saturated heterocycles. The van der Waals surface area contributed by atoms with Gasteiger partial charge in [0.15, 0.2) is 5.75 Å². The molecule has 2 aromatic rings. The molecule has 0 bridgehead atoms. The lowest BCUT2D eigenvalue weighted by molar-refractivity contribution is 0.424. The fourth-order valence-electron chi connectivity index (χ4n) is 2.94. The predicted octanol–water partition coefficient (Wildman–Crippen LogP) is 2.73. The fraction of sp³-hybridized carbons (Fsp3) is 0.222. The van der Waals surface area contributed by atoms with Gasteiger partial charge < -0.3 is 19.6 Å². The zero-order valence-corrected chi connectivity index (χ0v) is 18.4. The fourth-order valence-corrected chi connectivity index (χ4v) is 5.75. The summed E-state index contributed by atoms with van der Waals surface area (Å²) >= 11 is 6.45. The van der Waals surface area contributed by atoms with Crippen LogP contribution < -0.4 is 10.6 Å². The smallest absolute Gasteiger partial charge is 0.266 e. The number of halogens is 1. The minimum absolute atomic E-state index is 0.0647. The Morgan fingerprint density at radius 3 is 2.97 bits per heavy atom. The molecule has 2 atom stereocenters. The van der Waals surface area contributed by atoms with Crippen LogP contribution >= 0.6 is 22.9 Å². The van der Waals surface area contributed by atoms with Gasteiger partial charge >= 0.3 is 0 Å². The van der Waals surface area contributed by atoms with Crippen LogP contribution in [0.5, 0.6) is 0 Å². The molecular formula is C18H18ClN7O2S2. The summed E-state index contributed by atoms with van der Waals surface area (Å²) in [5.41, 5.74) is 0.0493. The topological polar surface area (TPSA) is 137 Å². The van der Waals surface area contributed by atoms with Crippen LogP contribution in [0.2, 0.25) is 5.02 Å². The van der Waals surface area contributed by atoms with E-state index < -0.39 is 16.9 Å². The van der Waals surface area contributed by atoms with Gasteiger partial charge in [-0.2, -0.15) is 4.31 Å². The summed E-state index contributed by atoms with van der Waals surface area (Å²) in [6.07, 6.45) is 8.88. The summed E-state index contributed by atoms with van der Waals surface area (Å²) in [6.45, 7) is 1.86. The summed E-state index contributed by atoms with van der Waals surface area (Å²) < 4.78 is 19.4. The van der Waals surface area contributed by atoms with E-state index in [9.17, 15) is 4.55 Å². The molecule has 30 heavy (non-hydrogen) atoms. The minimum atomic E-state index is -1.34. The summed E-state index contributed by atoms with van der Waals surface area (Å²) in [5.74, 6) is 0.661. The quantitative estimate of drug-likeness (QED) is 0.404. The van der Waals surface area contributed by atoms with Gasteiger partial charge in [0.2, 0.25) is 5.96 Å². The van der Waals surface area contributed by atoms with E-state index in [1.807, 2.05) is 25.2 Å². The lowest BCUT2D eigenvalue weighted by atomic mass is 10.0. The van der Waals surface area contributed by atoms with Crippen molar-refractivity contribution in [3.8, 4) is 10.8 Å². The van der Waals surface area contributed by atoms with Gasteiger partial charge in [0.05, 0.1) is 33.2 Å². The Balaban J connectivity index is 1.58. The van der Waals surface area contributed by atoms with Gasteiger partial charge in [0.25, 0.3) is 11.8 Å². The number of nitrogens with one attached hydrogen (secondary N) is 4. The van der Waals surface area contributed by atoms with Crippen molar-refractivity contribution in [1.82, 2.24) is 25.1 Å². The van der Waals surface area contributed by atoms with Crippen LogP contribution in [0, 0.1) is 10.8 Å². The van der Waals surface area contributed by atoms with Gasteiger partial charge in [0.1, 0.15) is 11.3 Å². The number of rotatable bonds is 4. The van der Waals surface area contributed by atoms with E-state index in [0.717, 1.165) is 10.6 Å². The van der Waals surface area contributed by atoms with Crippen molar-refractivity contribution < 1.29 is 8.97 Å². The first kappa shape index (κ1) is 20.7. The van der Waals surface area contributed by atoms with Crippen molar-refractivity contribution in [2.75, 3.05) is 12.8 Å². The Morgan fingerprint density at radius 2 is 2.27 bits per heavy atom. The largest absolute Gasteiger partial charge is 0.593 e.